The van der Waals surface area contributed by atoms with Gasteiger partial charge in [0.1, 0.15) is 0 Å². The van der Waals surface area contributed by atoms with Gasteiger partial charge >= 0.3 is 0 Å². The van der Waals surface area contributed by atoms with E-state index in [4.69, 9.17) is 16.7 Å². The van der Waals surface area contributed by atoms with Gasteiger partial charge in [-0.05, 0) is 38.5 Å². The molecule has 0 fully saturated rings. The van der Waals surface area contributed by atoms with Gasteiger partial charge in [0, 0.05) is 11.6 Å². The molecule has 0 bridgehead atoms. The zero-order chi connectivity index (χ0) is 13.1. The number of aliphatic hydroxyl groups is 1. The van der Waals surface area contributed by atoms with Gasteiger partial charge in [0.15, 0.2) is 0 Å². The minimum atomic E-state index is -0.667. The van der Waals surface area contributed by atoms with Crippen molar-refractivity contribution in [2.75, 3.05) is 6.54 Å². The molecular formula is C13H18ClNO2. The number of nitrogens with one attached hydrogen (secondary N) is 1. The summed E-state index contributed by atoms with van der Waals surface area (Å²) in [5, 5.41) is 12.5. The van der Waals surface area contributed by atoms with Crippen LogP contribution in [0.3, 0.4) is 0 Å². The summed E-state index contributed by atoms with van der Waals surface area (Å²) in [6.07, 6.45) is -0.547. The summed E-state index contributed by atoms with van der Waals surface area (Å²) in [5.74, 6) is -0.124. The molecule has 1 amide bonds. The van der Waals surface area contributed by atoms with E-state index >= 15 is 0 Å². The van der Waals surface area contributed by atoms with Crippen LogP contribution in [-0.4, -0.2) is 23.7 Å². The first-order chi connectivity index (χ1) is 7.84. The normalized spacial score (nSPS) is 13.2. The van der Waals surface area contributed by atoms with E-state index < -0.39 is 11.5 Å². The molecule has 3 nitrogen and oxygen atoms in total. The second kappa shape index (κ2) is 5.52. The van der Waals surface area contributed by atoms with Gasteiger partial charge in [0.25, 0.3) is 0 Å². The van der Waals surface area contributed by atoms with E-state index in [-0.39, 0.29) is 12.5 Å². The maximum absolute atomic E-state index is 12.0. The van der Waals surface area contributed by atoms with Crippen molar-refractivity contribution in [1.29, 1.82) is 0 Å². The van der Waals surface area contributed by atoms with Gasteiger partial charge in [-0.15, -0.1) is 0 Å². The van der Waals surface area contributed by atoms with Crippen LogP contribution in [0.5, 0.6) is 0 Å². The van der Waals surface area contributed by atoms with Crippen molar-refractivity contribution in [1.82, 2.24) is 5.32 Å². The lowest BCUT2D eigenvalue weighted by atomic mass is 9.83. The highest BCUT2D eigenvalue weighted by Crippen LogP contribution is 2.25. The number of carbonyl (C=O) groups excluding carboxylic acids is 1. The van der Waals surface area contributed by atoms with Crippen molar-refractivity contribution in [3.05, 3.63) is 34.9 Å². The van der Waals surface area contributed by atoms with Crippen LogP contribution in [-0.2, 0) is 10.2 Å². The lowest BCUT2D eigenvalue weighted by molar-refractivity contribution is -0.126. The van der Waals surface area contributed by atoms with E-state index in [1.54, 1.807) is 19.1 Å². The molecule has 0 aliphatic carbocycles. The SMILES string of the molecule is CC(O)CNC(=O)C(C)(C)c1cccc(Cl)c1. The fourth-order valence-corrected chi connectivity index (χ4v) is 1.66. The molecule has 4 heteroatoms. The van der Waals surface area contributed by atoms with E-state index in [9.17, 15) is 4.79 Å². The van der Waals surface area contributed by atoms with Crippen LogP contribution in [0.4, 0.5) is 0 Å². The molecule has 1 unspecified atom stereocenters. The van der Waals surface area contributed by atoms with Gasteiger partial charge in [-0.1, -0.05) is 23.7 Å². The van der Waals surface area contributed by atoms with Crippen LogP contribution in [0.2, 0.25) is 5.02 Å². The second-order valence-electron chi connectivity index (χ2n) is 4.69. The van der Waals surface area contributed by atoms with Gasteiger partial charge in [0.05, 0.1) is 11.5 Å². The summed E-state index contributed by atoms with van der Waals surface area (Å²) < 4.78 is 0. The van der Waals surface area contributed by atoms with Crippen molar-refractivity contribution < 1.29 is 9.90 Å². The maximum atomic E-state index is 12.0. The Hall–Kier alpha value is -1.06. The average molecular weight is 256 g/mol. The summed E-state index contributed by atoms with van der Waals surface area (Å²) >= 11 is 5.91. The fourth-order valence-electron chi connectivity index (χ4n) is 1.47. The van der Waals surface area contributed by atoms with Gasteiger partial charge in [-0.3, -0.25) is 4.79 Å². The maximum Gasteiger partial charge on any atom is 0.230 e. The first kappa shape index (κ1) is 14.0. The third kappa shape index (κ3) is 3.72. The Labute approximate surface area is 107 Å². The zero-order valence-corrected chi connectivity index (χ0v) is 11.1. The first-order valence-corrected chi connectivity index (χ1v) is 5.94. The number of amides is 1. The Kier molecular flexibility index (Phi) is 4.54. The summed E-state index contributed by atoms with van der Waals surface area (Å²) in [6.45, 7) is 5.54. The summed E-state index contributed by atoms with van der Waals surface area (Å²) in [6, 6.07) is 7.24. The number of rotatable bonds is 4. The van der Waals surface area contributed by atoms with E-state index in [0.29, 0.717) is 5.02 Å². The molecule has 0 saturated carbocycles. The van der Waals surface area contributed by atoms with Gasteiger partial charge < -0.3 is 10.4 Å². The van der Waals surface area contributed by atoms with Crippen molar-refractivity contribution >= 4 is 17.5 Å². The molecule has 1 atom stereocenters. The van der Waals surface area contributed by atoms with Gasteiger partial charge in [-0.25, -0.2) is 0 Å². The van der Waals surface area contributed by atoms with E-state index in [1.165, 1.54) is 0 Å². The smallest absolute Gasteiger partial charge is 0.230 e. The monoisotopic (exact) mass is 255 g/mol. The molecule has 17 heavy (non-hydrogen) atoms. The van der Waals surface area contributed by atoms with Crippen LogP contribution in [0, 0.1) is 0 Å². The average Bonchev–Trinajstić information content (AvgIpc) is 2.25. The Morgan fingerprint density at radius 1 is 1.53 bits per heavy atom. The number of halogens is 1. The minimum absolute atomic E-state index is 0.124. The number of aliphatic hydroxyl groups excluding tert-OH is 1. The quantitative estimate of drug-likeness (QED) is 0.866. The third-order valence-corrected chi connectivity index (χ3v) is 2.91. The molecule has 0 spiro atoms. The molecule has 0 aliphatic heterocycles. The summed E-state index contributed by atoms with van der Waals surface area (Å²) in [4.78, 5) is 12.0. The van der Waals surface area contributed by atoms with Gasteiger partial charge in [-0.2, -0.15) is 0 Å². The largest absolute Gasteiger partial charge is 0.392 e. The Bertz CT molecular complexity index is 402. The van der Waals surface area contributed by atoms with Crippen LogP contribution in [0.15, 0.2) is 24.3 Å². The predicted octanol–water partition coefficient (Wildman–Crippen LogP) is 2.11. The Balaban J connectivity index is 2.83. The highest BCUT2D eigenvalue weighted by molar-refractivity contribution is 6.30. The lowest BCUT2D eigenvalue weighted by Crippen LogP contribution is -2.42. The molecular weight excluding hydrogens is 238 g/mol. The number of hydrogen-bond acceptors (Lipinski definition) is 2. The Morgan fingerprint density at radius 3 is 2.71 bits per heavy atom. The molecule has 0 heterocycles. The summed E-state index contributed by atoms with van der Waals surface area (Å²) in [7, 11) is 0. The topological polar surface area (TPSA) is 49.3 Å². The van der Waals surface area contributed by atoms with Crippen LogP contribution < -0.4 is 5.32 Å². The highest BCUT2D eigenvalue weighted by atomic mass is 35.5. The predicted molar refractivity (Wildman–Crippen MR) is 69.2 cm³/mol. The number of carbonyl (C=O) groups is 1. The zero-order valence-electron chi connectivity index (χ0n) is 10.3. The summed E-state index contributed by atoms with van der Waals surface area (Å²) in [5.41, 5.74) is 0.188. The molecule has 94 valence electrons. The minimum Gasteiger partial charge on any atom is -0.392 e. The molecule has 1 aromatic rings. The lowest BCUT2D eigenvalue weighted by Gasteiger charge is -2.24. The highest BCUT2D eigenvalue weighted by Gasteiger charge is 2.29. The molecule has 2 N–H and O–H groups in total. The van der Waals surface area contributed by atoms with Crippen molar-refractivity contribution in [2.24, 2.45) is 0 Å². The number of benzene rings is 1. The molecule has 0 aromatic heterocycles. The van der Waals surface area contributed by atoms with Crippen molar-refractivity contribution in [3.63, 3.8) is 0 Å². The fraction of sp³-hybridized carbons (Fsp3) is 0.462. The van der Waals surface area contributed by atoms with Crippen molar-refractivity contribution in [2.45, 2.75) is 32.3 Å². The molecule has 0 radical (unpaired) electrons. The van der Waals surface area contributed by atoms with Crippen LogP contribution in [0.1, 0.15) is 26.3 Å². The van der Waals surface area contributed by atoms with E-state index in [2.05, 4.69) is 5.32 Å². The van der Waals surface area contributed by atoms with E-state index in [0.717, 1.165) is 5.56 Å². The molecule has 0 aliphatic rings. The third-order valence-electron chi connectivity index (χ3n) is 2.67. The first-order valence-electron chi connectivity index (χ1n) is 5.56. The second-order valence-corrected chi connectivity index (χ2v) is 5.13. The number of hydrogen-bond donors (Lipinski definition) is 2. The van der Waals surface area contributed by atoms with Crippen molar-refractivity contribution in [3.8, 4) is 0 Å². The van der Waals surface area contributed by atoms with Crippen LogP contribution in [0.25, 0.3) is 0 Å². The van der Waals surface area contributed by atoms with Gasteiger partial charge in [0.2, 0.25) is 5.91 Å². The molecule has 0 saturated heterocycles. The molecule has 1 aromatic carbocycles. The Morgan fingerprint density at radius 2 is 2.18 bits per heavy atom. The van der Waals surface area contributed by atoms with E-state index in [1.807, 2.05) is 26.0 Å². The molecule has 1 rings (SSSR count). The van der Waals surface area contributed by atoms with Crippen LogP contribution >= 0.6 is 11.6 Å². The standard InChI is InChI=1S/C13H18ClNO2/c1-9(16)8-15-12(17)13(2,3)10-5-4-6-11(14)7-10/h4-7,9,16H,8H2,1-3H3,(H,15,17).